The monoisotopic (exact) mass is 463 g/mol. The standard InChI is InChI=1S/C26H25NO3S2/c1-16(27-14-22(31)12-17-6-8-19(9-7-17)26(29)30)23-15-32-25(24(23)28)21-11-10-18-4-2-3-5-20(18)13-21/h6-11,13,15,28H,2-5,12,14H2,1H3,(H,29,30). The van der Waals surface area contributed by atoms with Crippen LogP contribution in [-0.2, 0) is 19.3 Å². The molecule has 1 heterocycles. The van der Waals surface area contributed by atoms with E-state index in [1.54, 1.807) is 24.3 Å². The molecule has 4 nitrogen and oxygen atoms in total. The third kappa shape index (κ3) is 4.97. The lowest BCUT2D eigenvalue weighted by molar-refractivity contribution is 0.0697. The molecule has 0 unspecified atom stereocenters. The number of aromatic carboxylic acids is 1. The highest BCUT2D eigenvalue weighted by Gasteiger charge is 2.17. The predicted molar refractivity (Wildman–Crippen MR) is 135 cm³/mol. The summed E-state index contributed by atoms with van der Waals surface area (Å²) >= 11 is 7.01. The van der Waals surface area contributed by atoms with Crippen molar-refractivity contribution in [3.8, 4) is 16.2 Å². The van der Waals surface area contributed by atoms with E-state index in [1.807, 2.05) is 12.3 Å². The van der Waals surface area contributed by atoms with E-state index in [-0.39, 0.29) is 11.3 Å². The quantitative estimate of drug-likeness (QED) is 0.327. The van der Waals surface area contributed by atoms with Gasteiger partial charge in [-0.2, -0.15) is 0 Å². The van der Waals surface area contributed by atoms with Gasteiger partial charge in [0.15, 0.2) is 0 Å². The summed E-state index contributed by atoms with van der Waals surface area (Å²) in [5.41, 5.74) is 6.61. The molecule has 0 atom stereocenters. The molecule has 3 aromatic rings. The van der Waals surface area contributed by atoms with Crippen molar-refractivity contribution in [1.29, 1.82) is 0 Å². The number of fused-ring (bicyclic) bond motifs is 1. The molecule has 6 heteroatoms. The van der Waals surface area contributed by atoms with Crippen molar-refractivity contribution in [1.82, 2.24) is 0 Å². The zero-order valence-corrected chi connectivity index (χ0v) is 19.6. The van der Waals surface area contributed by atoms with Crippen LogP contribution < -0.4 is 0 Å². The van der Waals surface area contributed by atoms with Crippen LogP contribution in [0.15, 0.2) is 52.8 Å². The van der Waals surface area contributed by atoms with Gasteiger partial charge in [0, 0.05) is 27.9 Å². The summed E-state index contributed by atoms with van der Waals surface area (Å²) in [5, 5.41) is 21.8. The number of benzene rings is 2. The van der Waals surface area contributed by atoms with Crippen LogP contribution in [0.5, 0.6) is 5.75 Å². The smallest absolute Gasteiger partial charge is 0.335 e. The first-order valence-electron chi connectivity index (χ1n) is 10.7. The van der Waals surface area contributed by atoms with Gasteiger partial charge < -0.3 is 10.2 Å². The van der Waals surface area contributed by atoms with Gasteiger partial charge in [0.1, 0.15) is 5.75 Å². The fraction of sp³-hybridized carbons (Fsp3) is 0.269. The lowest BCUT2D eigenvalue weighted by atomic mass is 9.90. The molecule has 2 N–H and O–H groups in total. The van der Waals surface area contributed by atoms with Crippen LogP contribution in [0.3, 0.4) is 0 Å². The summed E-state index contributed by atoms with van der Waals surface area (Å²) in [6.07, 6.45) is 5.30. The van der Waals surface area contributed by atoms with Crippen LogP contribution in [0.2, 0.25) is 0 Å². The number of carboxylic acids is 1. The lowest BCUT2D eigenvalue weighted by Gasteiger charge is -2.16. The number of carboxylic acid groups (broad SMARTS) is 1. The van der Waals surface area contributed by atoms with E-state index in [2.05, 4.69) is 23.2 Å². The van der Waals surface area contributed by atoms with Crippen molar-refractivity contribution in [2.24, 2.45) is 4.99 Å². The average molecular weight is 464 g/mol. The maximum Gasteiger partial charge on any atom is 0.335 e. The van der Waals surface area contributed by atoms with Crippen molar-refractivity contribution in [3.63, 3.8) is 0 Å². The Morgan fingerprint density at radius 1 is 1.09 bits per heavy atom. The number of thiocarbonyl (C=S) groups is 1. The van der Waals surface area contributed by atoms with Crippen molar-refractivity contribution in [2.45, 2.75) is 39.0 Å². The van der Waals surface area contributed by atoms with E-state index < -0.39 is 5.97 Å². The molecule has 0 fully saturated rings. The van der Waals surface area contributed by atoms with Gasteiger partial charge in [-0.3, -0.25) is 4.99 Å². The second-order valence-corrected chi connectivity index (χ2v) is 9.59. The number of carbonyl (C=O) groups is 1. The number of nitrogens with zero attached hydrogens (tertiary/aromatic N) is 1. The minimum Gasteiger partial charge on any atom is -0.506 e. The Balaban J connectivity index is 1.44. The van der Waals surface area contributed by atoms with Gasteiger partial charge in [-0.05, 0) is 73.1 Å². The number of hydrogen-bond acceptors (Lipinski definition) is 5. The number of thiophene rings is 1. The van der Waals surface area contributed by atoms with Crippen molar-refractivity contribution < 1.29 is 15.0 Å². The SMILES string of the molecule is CC(=NCC(=S)Cc1ccc(C(=O)O)cc1)c1csc(-c2ccc3c(c2)CCCC3)c1O. The van der Waals surface area contributed by atoms with E-state index >= 15 is 0 Å². The third-order valence-electron chi connectivity index (χ3n) is 5.86. The minimum absolute atomic E-state index is 0.260. The van der Waals surface area contributed by atoms with Gasteiger partial charge in [-0.15, -0.1) is 11.3 Å². The van der Waals surface area contributed by atoms with E-state index in [0.717, 1.165) is 45.0 Å². The molecule has 0 amide bonds. The van der Waals surface area contributed by atoms with Gasteiger partial charge in [-0.1, -0.05) is 36.5 Å². The molecule has 164 valence electrons. The number of aliphatic imine (C=N–C) groups is 1. The van der Waals surface area contributed by atoms with Gasteiger partial charge >= 0.3 is 5.97 Å². The van der Waals surface area contributed by atoms with Gasteiger partial charge in [0.05, 0.1) is 17.0 Å². The molecule has 2 aromatic carbocycles. The molecule has 1 aliphatic rings. The molecule has 0 saturated heterocycles. The van der Waals surface area contributed by atoms with Crippen LogP contribution in [0.25, 0.3) is 10.4 Å². The number of aromatic hydroxyl groups is 1. The zero-order chi connectivity index (χ0) is 22.7. The van der Waals surface area contributed by atoms with Crippen molar-refractivity contribution >= 4 is 40.1 Å². The Morgan fingerprint density at radius 2 is 1.81 bits per heavy atom. The normalized spacial score (nSPS) is 13.6. The molecule has 0 spiro atoms. The van der Waals surface area contributed by atoms with Crippen molar-refractivity contribution in [2.75, 3.05) is 6.54 Å². The number of hydrogen-bond donors (Lipinski definition) is 2. The second kappa shape index (κ2) is 9.76. The highest BCUT2D eigenvalue weighted by Crippen LogP contribution is 2.40. The van der Waals surface area contributed by atoms with Crippen molar-refractivity contribution in [3.05, 3.63) is 75.7 Å². The van der Waals surface area contributed by atoms with Crippen LogP contribution in [-0.4, -0.2) is 33.3 Å². The summed E-state index contributed by atoms with van der Waals surface area (Å²) in [6.45, 7) is 2.27. The molecule has 0 radical (unpaired) electrons. The van der Waals surface area contributed by atoms with E-state index in [1.165, 1.54) is 35.3 Å². The Labute approximate surface area is 197 Å². The summed E-state index contributed by atoms with van der Waals surface area (Å²) < 4.78 is 0. The average Bonchev–Trinajstić information content (AvgIpc) is 3.19. The van der Waals surface area contributed by atoms with Crippen LogP contribution in [0, 0.1) is 0 Å². The largest absolute Gasteiger partial charge is 0.506 e. The lowest BCUT2D eigenvalue weighted by Crippen LogP contribution is -2.07. The second-order valence-electron chi connectivity index (χ2n) is 8.14. The fourth-order valence-corrected chi connectivity index (χ4v) is 5.26. The summed E-state index contributed by atoms with van der Waals surface area (Å²) in [4.78, 5) is 17.2. The molecule has 0 bridgehead atoms. The van der Waals surface area contributed by atoms with Gasteiger partial charge in [0.25, 0.3) is 0 Å². The molecule has 1 aliphatic carbocycles. The van der Waals surface area contributed by atoms with Gasteiger partial charge in [0.2, 0.25) is 0 Å². The van der Waals surface area contributed by atoms with E-state index in [9.17, 15) is 9.90 Å². The minimum atomic E-state index is -0.940. The zero-order valence-electron chi connectivity index (χ0n) is 17.9. The Hall–Kier alpha value is -2.83. The Kier molecular flexibility index (Phi) is 6.82. The van der Waals surface area contributed by atoms with Gasteiger partial charge in [-0.25, -0.2) is 4.79 Å². The predicted octanol–water partition coefficient (Wildman–Crippen LogP) is 6.12. The summed E-state index contributed by atoms with van der Waals surface area (Å²) in [7, 11) is 0. The topological polar surface area (TPSA) is 69.9 Å². The first kappa shape index (κ1) is 22.4. The highest BCUT2D eigenvalue weighted by atomic mass is 32.1. The third-order valence-corrected chi connectivity index (χ3v) is 7.15. The summed E-state index contributed by atoms with van der Waals surface area (Å²) in [5.74, 6) is -0.660. The van der Waals surface area contributed by atoms with E-state index in [0.29, 0.717) is 13.0 Å². The Bertz CT molecular complexity index is 1190. The molecular weight excluding hydrogens is 438 g/mol. The molecular formula is C26H25NO3S2. The molecule has 4 rings (SSSR count). The first-order chi connectivity index (χ1) is 15.4. The Morgan fingerprint density at radius 3 is 2.53 bits per heavy atom. The molecule has 1 aromatic heterocycles. The molecule has 0 aliphatic heterocycles. The fourth-order valence-electron chi connectivity index (χ4n) is 4.03. The maximum absolute atomic E-state index is 11.0. The highest BCUT2D eigenvalue weighted by molar-refractivity contribution is 7.80. The number of rotatable bonds is 7. The maximum atomic E-state index is 11.0. The first-order valence-corrected chi connectivity index (χ1v) is 12.0. The number of aryl methyl sites for hydroxylation is 2. The molecule has 32 heavy (non-hydrogen) atoms. The van der Waals surface area contributed by atoms with Crippen LogP contribution in [0.4, 0.5) is 0 Å². The van der Waals surface area contributed by atoms with E-state index in [4.69, 9.17) is 17.3 Å². The molecule has 0 saturated carbocycles. The summed E-state index contributed by atoms with van der Waals surface area (Å²) in [6, 6.07) is 13.3. The van der Waals surface area contributed by atoms with Crippen LogP contribution >= 0.6 is 23.6 Å². The van der Waals surface area contributed by atoms with Crippen LogP contribution in [0.1, 0.15) is 52.4 Å².